The van der Waals surface area contributed by atoms with Gasteiger partial charge in [-0.2, -0.15) is 13.2 Å². The summed E-state index contributed by atoms with van der Waals surface area (Å²) in [7, 11) is 0. The van der Waals surface area contributed by atoms with Crippen LogP contribution in [0.15, 0.2) is 24.3 Å². The van der Waals surface area contributed by atoms with E-state index in [0.29, 0.717) is 19.1 Å². The molecule has 0 radical (unpaired) electrons. The van der Waals surface area contributed by atoms with Crippen LogP contribution < -0.4 is 5.32 Å². The predicted octanol–water partition coefficient (Wildman–Crippen LogP) is 3.32. The number of nitrogens with one attached hydrogen (secondary N) is 1. The van der Waals surface area contributed by atoms with Crippen LogP contribution in [0.5, 0.6) is 0 Å². The van der Waals surface area contributed by atoms with Crippen LogP contribution in [0.4, 0.5) is 13.2 Å². The van der Waals surface area contributed by atoms with E-state index >= 15 is 0 Å². The molecular weight excluding hydrogens is 265 g/mol. The zero-order chi connectivity index (χ0) is 14.6. The van der Waals surface area contributed by atoms with Gasteiger partial charge >= 0.3 is 6.18 Å². The third kappa shape index (κ3) is 5.13. The van der Waals surface area contributed by atoms with Crippen LogP contribution in [0, 0.1) is 0 Å². The molecule has 1 aliphatic carbocycles. The molecule has 2 nitrogen and oxygen atoms in total. The summed E-state index contributed by atoms with van der Waals surface area (Å²) in [6.07, 6.45) is -1.73. The molecule has 0 aliphatic heterocycles. The molecule has 0 aromatic heterocycles. The van der Waals surface area contributed by atoms with E-state index in [2.05, 4.69) is 5.32 Å². The van der Waals surface area contributed by atoms with Gasteiger partial charge in [0.2, 0.25) is 0 Å². The summed E-state index contributed by atoms with van der Waals surface area (Å²) in [6, 6.07) is 8.33. The van der Waals surface area contributed by atoms with E-state index in [1.165, 1.54) is 17.7 Å². The molecule has 0 heterocycles. The van der Waals surface area contributed by atoms with Crippen LogP contribution in [0.1, 0.15) is 30.9 Å². The van der Waals surface area contributed by atoms with Gasteiger partial charge < -0.3 is 5.32 Å². The topological polar surface area (TPSA) is 15.3 Å². The Morgan fingerprint density at radius 2 is 1.85 bits per heavy atom. The molecule has 20 heavy (non-hydrogen) atoms. The van der Waals surface area contributed by atoms with E-state index in [4.69, 9.17) is 0 Å². The van der Waals surface area contributed by atoms with Crippen molar-refractivity contribution in [3.63, 3.8) is 0 Å². The molecule has 0 bridgehead atoms. The Hall–Kier alpha value is -1.07. The van der Waals surface area contributed by atoms with Crippen molar-refractivity contribution in [3.8, 4) is 0 Å². The lowest BCUT2D eigenvalue weighted by Crippen LogP contribution is -2.34. The monoisotopic (exact) mass is 286 g/mol. The maximum atomic E-state index is 12.5. The van der Waals surface area contributed by atoms with Crippen molar-refractivity contribution in [2.24, 2.45) is 0 Å². The molecule has 2 rings (SSSR count). The molecule has 5 heteroatoms. The molecule has 1 saturated carbocycles. The number of benzene rings is 1. The minimum absolute atomic E-state index is 0.346. The minimum atomic E-state index is -4.14. The second-order valence-electron chi connectivity index (χ2n) is 5.34. The second-order valence-corrected chi connectivity index (χ2v) is 5.34. The first-order valence-corrected chi connectivity index (χ1v) is 7.07. The molecule has 0 spiro atoms. The van der Waals surface area contributed by atoms with Gasteiger partial charge in [0.25, 0.3) is 0 Å². The van der Waals surface area contributed by atoms with Crippen LogP contribution in [0.25, 0.3) is 0 Å². The predicted molar refractivity (Wildman–Crippen MR) is 73.3 cm³/mol. The van der Waals surface area contributed by atoms with Gasteiger partial charge in [0.15, 0.2) is 0 Å². The van der Waals surface area contributed by atoms with Crippen molar-refractivity contribution in [2.75, 3.05) is 13.1 Å². The molecule has 1 aliphatic rings. The highest BCUT2D eigenvalue weighted by Crippen LogP contribution is 2.21. The molecule has 1 aromatic rings. The molecule has 1 N–H and O–H groups in total. The maximum Gasteiger partial charge on any atom is 0.401 e. The number of nitrogens with zero attached hydrogens (tertiary/aromatic N) is 1. The summed E-state index contributed by atoms with van der Waals surface area (Å²) in [5.41, 5.74) is 2.08. The summed E-state index contributed by atoms with van der Waals surface area (Å²) in [6.45, 7) is 2.39. The first-order chi connectivity index (χ1) is 9.48. The fourth-order valence-corrected chi connectivity index (χ4v) is 2.20. The molecule has 0 atom stereocenters. The maximum absolute atomic E-state index is 12.5. The van der Waals surface area contributed by atoms with Crippen molar-refractivity contribution in [1.82, 2.24) is 10.2 Å². The smallest absolute Gasteiger partial charge is 0.310 e. The molecule has 1 aromatic carbocycles. The average molecular weight is 286 g/mol. The largest absolute Gasteiger partial charge is 0.401 e. The summed E-state index contributed by atoms with van der Waals surface area (Å²) < 4.78 is 37.5. The van der Waals surface area contributed by atoms with Gasteiger partial charge in [-0.15, -0.1) is 0 Å². The van der Waals surface area contributed by atoms with Gasteiger partial charge in [0.05, 0.1) is 6.54 Å². The van der Waals surface area contributed by atoms with Gasteiger partial charge in [0.1, 0.15) is 0 Å². The Bertz CT molecular complexity index is 427. The second kappa shape index (κ2) is 6.59. The highest BCUT2D eigenvalue weighted by Gasteiger charge is 2.30. The molecule has 0 amide bonds. The lowest BCUT2D eigenvalue weighted by molar-refractivity contribution is -0.146. The van der Waals surface area contributed by atoms with Gasteiger partial charge in [-0.05, 0) is 30.5 Å². The Balaban J connectivity index is 1.98. The fraction of sp³-hybridized carbons (Fsp3) is 0.600. The van der Waals surface area contributed by atoms with Crippen molar-refractivity contribution >= 4 is 0 Å². The molecule has 1 fully saturated rings. The van der Waals surface area contributed by atoms with Crippen molar-refractivity contribution in [2.45, 2.75) is 45.1 Å². The van der Waals surface area contributed by atoms with Crippen molar-refractivity contribution in [3.05, 3.63) is 35.4 Å². The standard InChI is InChI=1S/C15H21F3N2/c1-2-20(11-15(16,17)18)10-13-6-4-3-5-12(13)9-19-14-7-8-14/h3-6,14,19H,2,7-11H2,1H3. The normalized spacial score (nSPS) is 15.8. The SMILES string of the molecule is CCN(Cc1ccccc1CNC1CC1)CC(F)(F)F. The van der Waals surface area contributed by atoms with E-state index in [0.717, 1.165) is 17.7 Å². The third-order valence-electron chi connectivity index (χ3n) is 3.52. The highest BCUT2D eigenvalue weighted by molar-refractivity contribution is 5.27. The van der Waals surface area contributed by atoms with Gasteiger partial charge in [-0.1, -0.05) is 31.2 Å². The Morgan fingerprint density at radius 3 is 2.40 bits per heavy atom. The molecule has 112 valence electrons. The first-order valence-electron chi connectivity index (χ1n) is 7.07. The van der Waals surface area contributed by atoms with Gasteiger partial charge in [-0.3, -0.25) is 4.90 Å². The van der Waals surface area contributed by atoms with E-state index in [-0.39, 0.29) is 0 Å². The first kappa shape index (κ1) is 15.3. The molecule has 0 saturated heterocycles. The van der Waals surface area contributed by atoms with E-state index in [9.17, 15) is 13.2 Å². The summed E-state index contributed by atoms with van der Waals surface area (Å²) in [4.78, 5) is 1.43. The average Bonchev–Trinajstić information content (AvgIpc) is 3.19. The molecule has 0 unspecified atom stereocenters. The van der Waals surface area contributed by atoms with Crippen molar-refractivity contribution in [1.29, 1.82) is 0 Å². The van der Waals surface area contributed by atoms with Gasteiger partial charge in [-0.25, -0.2) is 0 Å². The van der Waals surface area contributed by atoms with E-state index in [1.807, 2.05) is 24.3 Å². The summed E-state index contributed by atoms with van der Waals surface area (Å²) in [5, 5.41) is 3.41. The van der Waals surface area contributed by atoms with Crippen LogP contribution in [-0.4, -0.2) is 30.2 Å². The fourth-order valence-electron chi connectivity index (χ4n) is 2.20. The summed E-state index contributed by atoms with van der Waals surface area (Å²) in [5.74, 6) is 0. The Morgan fingerprint density at radius 1 is 1.20 bits per heavy atom. The summed E-state index contributed by atoms with van der Waals surface area (Å²) >= 11 is 0. The zero-order valence-corrected chi connectivity index (χ0v) is 11.7. The number of halogens is 3. The van der Waals surface area contributed by atoms with Crippen molar-refractivity contribution < 1.29 is 13.2 Å². The Labute approximate surface area is 118 Å². The quantitative estimate of drug-likeness (QED) is 0.827. The lowest BCUT2D eigenvalue weighted by atomic mass is 10.1. The van der Waals surface area contributed by atoms with Crippen LogP contribution in [0.2, 0.25) is 0 Å². The van der Waals surface area contributed by atoms with Crippen LogP contribution in [-0.2, 0) is 13.1 Å². The van der Waals surface area contributed by atoms with Crippen LogP contribution in [0.3, 0.4) is 0 Å². The number of hydrogen-bond donors (Lipinski definition) is 1. The molecular formula is C15H21F3N2. The number of rotatable bonds is 7. The number of alkyl halides is 3. The number of hydrogen-bond acceptors (Lipinski definition) is 2. The van der Waals surface area contributed by atoms with Gasteiger partial charge in [0, 0.05) is 19.1 Å². The zero-order valence-electron chi connectivity index (χ0n) is 11.7. The lowest BCUT2D eigenvalue weighted by Gasteiger charge is -2.23. The van der Waals surface area contributed by atoms with E-state index in [1.54, 1.807) is 6.92 Å². The van der Waals surface area contributed by atoms with Crippen LogP contribution >= 0.6 is 0 Å². The highest BCUT2D eigenvalue weighted by atomic mass is 19.4. The van der Waals surface area contributed by atoms with E-state index < -0.39 is 12.7 Å². The third-order valence-corrected chi connectivity index (χ3v) is 3.52. The Kier molecular flexibility index (Phi) is 5.05. The minimum Gasteiger partial charge on any atom is -0.310 e.